The summed E-state index contributed by atoms with van der Waals surface area (Å²) in [6.45, 7) is 11.6. The van der Waals surface area contributed by atoms with Gasteiger partial charge in [0, 0.05) is 0 Å². The van der Waals surface area contributed by atoms with Gasteiger partial charge >= 0.3 is 11.9 Å². The van der Waals surface area contributed by atoms with E-state index in [4.69, 9.17) is 9.47 Å². The number of hydrogen-bond donors (Lipinski definition) is 0. The summed E-state index contributed by atoms with van der Waals surface area (Å²) < 4.78 is 11.5. The van der Waals surface area contributed by atoms with Crippen molar-refractivity contribution in [2.75, 3.05) is 6.61 Å². The first-order valence-corrected chi connectivity index (χ1v) is 10.7. The molecular formula is C23H36O4. The van der Waals surface area contributed by atoms with Gasteiger partial charge in [0.25, 0.3) is 0 Å². The molecule has 0 aromatic carbocycles. The summed E-state index contributed by atoms with van der Waals surface area (Å²) in [4.78, 5) is 25.1. The van der Waals surface area contributed by atoms with E-state index in [2.05, 4.69) is 13.5 Å². The van der Waals surface area contributed by atoms with Crippen molar-refractivity contribution < 1.29 is 19.1 Å². The number of carbonyl (C=O) groups excluding carboxylic acids is 2. The highest BCUT2D eigenvalue weighted by atomic mass is 16.6. The summed E-state index contributed by atoms with van der Waals surface area (Å²) >= 11 is 0. The molecule has 152 valence electrons. The highest BCUT2D eigenvalue weighted by Crippen LogP contribution is 2.60. The molecule has 4 saturated carbocycles. The zero-order valence-corrected chi connectivity index (χ0v) is 17.5. The van der Waals surface area contributed by atoms with Gasteiger partial charge in [0.15, 0.2) is 6.61 Å². The molecule has 0 amide bonds. The van der Waals surface area contributed by atoms with E-state index in [0.29, 0.717) is 18.3 Å². The van der Waals surface area contributed by atoms with Gasteiger partial charge in [-0.15, -0.1) is 6.58 Å². The third-order valence-corrected chi connectivity index (χ3v) is 7.44. The zero-order chi connectivity index (χ0) is 19.8. The van der Waals surface area contributed by atoms with Crippen LogP contribution in [-0.4, -0.2) is 24.1 Å². The minimum absolute atomic E-state index is 0.235. The fraction of sp³-hybridized carbons (Fsp3) is 0.826. The van der Waals surface area contributed by atoms with Crippen molar-refractivity contribution in [3.05, 3.63) is 12.7 Å². The Labute approximate surface area is 164 Å². The summed E-state index contributed by atoms with van der Waals surface area (Å²) in [6, 6.07) is 0. The molecule has 4 fully saturated rings. The Balaban J connectivity index is 1.60. The Morgan fingerprint density at radius 2 is 1.67 bits per heavy atom. The average molecular weight is 377 g/mol. The third-order valence-electron chi connectivity index (χ3n) is 7.44. The number of rotatable bonds is 7. The molecule has 27 heavy (non-hydrogen) atoms. The molecule has 0 spiro atoms. The van der Waals surface area contributed by atoms with Gasteiger partial charge in [0.05, 0.1) is 5.92 Å². The summed E-state index contributed by atoms with van der Waals surface area (Å²) in [5.41, 5.74) is -0.567. The molecule has 1 unspecified atom stereocenters. The van der Waals surface area contributed by atoms with Crippen LogP contribution in [0.3, 0.4) is 0 Å². The van der Waals surface area contributed by atoms with Gasteiger partial charge in [-0.25, -0.2) is 4.79 Å². The van der Waals surface area contributed by atoms with Crippen LogP contribution in [0.15, 0.2) is 12.7 Å². The molecular weight excluding hydrogens is 340 g/mol. The predicted octanol–water partition coefficient (Wildman–Crippen LogP) is 4.92. The van der Waals surface area contributed by atoms with E-state index in [1.165, 1.54) is 32.1 Å². The minimum Gasteiger partial charge on any atom is -0.456 e. The van der Waals surface area contributed by atoms with E-state index in [9.17, 15) is 9.59 Å². The molecule has 4 nitrogen and oxygen atoms in total. The summed E-state index contributed by atoms with van der Waals surface area (Å²) in [7, 11) is 0. The Hall–Kier alpha value is -1.32. The molecule has 4 heteroatoms. The summed E-state index contributed by atoms with van der Waals surface area (Å²) in [5, 5.41) is 0. The van der Waals surface area contributed by atoms with Gasteiger partial charge in [-0.1, -0.05) is 33.8 Å². The molecule has 0 aromatic rings. The molecule has 0 N–H and O–H groups in total. The second-order valence-corrected chi connectivity index (χ2v) is 10.1. The monoisotopic (exact) mass is 376 g/mol. The van der Waals surface area contributed by atoms with Crippen LogP contribution in [0.1, 0.15) is 72.6 Å². The van der Waals surface area contributed by atoms with E-state index in [-0.39, 0.29) is 35.5 Å². The largest absolute Gasteiger partial charge is 0.456 e. The van der Waals surface area contributed by atoms with Gasteiger partial charge in [-0.05, 0) is 74.0 Å². The number of hydrogen-bond acceptors (Lipinski definition) is 4. The maximum absolute atomic E-state index is 12.6. The summed E-state index contributed by atoms with van der Waals surface area (Å²) in [6.07, 6.45) is 9.29. The van der Waals surface area contributed by atoms with Crippen LogP contribution in [0.2, 0.25) is 0 Å². The van der Waals surface area contributed by atoms with Crippen LogP contribution in [0.5, 0.6) is 0 Å². The fourth-order valence-electron chi connectivity index (χ4n) is 6.24. The topological polar surface area (TPSA) is 52.6 Å². The molecule has 4 aliphatic carbocycles. The molecule has 0 saturated heterocycles. The number of allylic oxidation sites excluding steroid dienone is 1. The van der Waals surface area contributed by atoms with Crippen molar-refractivity contribution in [2.24, 2.45) is 35.0 Å². The van der Waals surface area contributed by atoms with Crippen LogP contribution >= 0.6 is 0 Å². The lowest BCUT2D eigenvalue weighted by Crippen LogP contribution is -2.59. The van der Waals surface area contributed by atoms with Crippen molar-refractivity contribution in [1.82, 2.24) is 0 Å². The molecule has 0 radical (unpaired) electrons. The predicted molar refractivity (Wildman–Crippen MR) is 105 cm³/mol. The van der Waals surface area contributed by atoms with Gasteiger partial charge in [-0.2, -0.15) is 0 Å². The van der Waals surface area contributed by atoms with Crippen molar-refractivity contribution in [3.63, 3.8) is 0 Å². The molecule has 4 rings (SSSR count). The van der Waals surface area contributed by atoms with Crippen LogP contribution in [-0.2, 0) is 19.1 Å². The van der Waals surface area contributed by atoms with Crippen LogP contribution < -0.4 is 0 Å². The van der Waals surface area contributed by atoms with Gasteiger partial charge in [-0.3, -0.25) is 4.79 Å². The van der Waals surface area contributed by atoms with Crippen molar-refractivity contribution in [3.8, 4) is 0 Å². The molecule has 0 aliphatic heterocycles. The van der Waals surface area contributed by atoms with Crippen LogP contribution in [0.25, 0.3) is 0 Å². The quantitative estimate of drug-likeness (QED) is 0.468. The molecule has 1 atom stereocenters. The normalized spacial score (nSPS) is 35.6. The Bertz CT molecular complexity index is 558. The lowest BCUT2D eigenvalue weighted by Gasteiger charge is -2.60. The molecule has 0 heterocycles. The van der Waals surface area contributed by atoms with Crippen LogP contribution in [0, 0.1) is 35.0 Å². The lowest BCUT2D eigenvalue weighted by atomic mass is 9.49. The van der Waals surface area contributed by atoms with Crippen LogP contribution in [0.4, 0.5) is 0 Å². The zero-order valence-electron chi connectivity index (χ0n) is 17.5. The standard InChI is InChI=1S/C23H36O4/c1-6-8-19(22(3,4)5)21(25)26-14-20(24)27-23(7-2)17-10-15-9-16(12-17)13-18(23)11-15/h6,15-19H,1,7-14H2,2-5H3. The van der Waals surface area contributed by atoms with Gasteiger partial charge < -0.3 is 9.47 Å². The van der Waals surface area contributed by atoms with Gasteiger partial charge in [0.2, 0.25) is 0 Å². The molecule has 4 aliphatic rings. The summed E-state index contributed by atoms with van der Waals surface area (Å²) in [5.74, 6) is 1.61. The highest BCUT2D eigenvalue weighted by molar-refractivity contribution is 5.78. The first-order valence-electron chi connectivity index (χ1n) is 10.7. The van der Waals surface area contributed by atoms with E-state index in [0.717, 1.165) is 18.3 Å². The third kappa shape index (κ3) is 3.95. The first kappa shape index (κ1) is 20.4. The Morgan fingerprint density at radius 3 is 2.11 bits per heavy atom. The van der Waals surface area contributed by atoms with Crippen molar-refractivity contribution in [2.45, 2.75) is 78.2 Å². The van der Waals surface area contributed by atoms with Crippen molar-refractivity contribution in [1.29, 1.82) is 0 Å². The smallest absolute Gasteiger partial charge is 0.344 e. The second kappa shape index (κ2) is 7.60. The molecule has 0 aromatic heterocycles. The fourth-order valence-corrected chi connectivity index (χ4v) is 6.24. The van der Waals surface area contributed by atoms with Gasteiger partial charge in [0.1, 0.15) is 5.60 Å². The maximum atomic E-state index is 12.6. The highest BCUT2D eigenvalue weighted by Gasteiger charge is 2.58. The molecule has 4 bridgehead atoms. The second-order valence-electron chi connectivity index (χ2n) is 10.1. The minimum atomic E-state index is -0.385. The number of esters is 2. The average Bonchev–Trinajstić information content (AvgIpc) is 2.59. The SMILES string of the molecule is C=CCC(C(=O)OCC(=O)OC1(CC)C2CC3CC(C2)CC1C3)C(C)(C)C. The Morgan fingerprint density at radius 1 is 1.11 bits per heavy atom. The maximum Gasteiger partial charge on any atom is 0.344 e. The number of carbonyl (C=O) groups is 2. The van der Waals surface area contributed by atoms with E-state index in [1.54, 1.807) is 6.08 Å². The Kier molecular flexibility index (Phi) is 5.74. The van der Waals surface area contributed by atoms with Crippen molar-refractivity contribution >= 4 is 11.9 Å². The van der Waals surface area contributed by atoms with E-state index >= 15 is 0 Å². The lowest BCUT2D eigenvalue weighted by molar-refractivity contribution is -0.214. The van der Waals surface area contributed by atoms with E-state index in [1.807, 2.05) is 20.8 Å². The first-order chi connectivity index (χ1) is 12.7. The van der Waals surface area contributed by atoms with E-state index < -0.39 is 0 Å². The number of ether oxygens (including phenoxy) is 2.